The lowest BCUT2D eigenvalue weighted by molar-refractivity contribution is -0.137. The molecule has 0 aromatic heterocycles. The van der Waals surface area contributed by atoms with Crippen LogP contribution in [0.25, 0.3) is 0 Å². The van der Waals surface area contributed by atoms with E-state index in [2.05, 4.69) is 5.32 Å². The van der Waals surface area contributed by atoms with E-state index >= 15 is 0 Å². The number of rotatable bonds is 3. The van der Waals surface area contributed by atoms with Crippen LogP contribution in [0.4, 0.5) is 18.9 Å². The molecular formula is C26H28F3NO2. The lowest BCUT2D eigenvalue weighted by Gasteiger charge is -2.49. The number of hydrogen-bond donors (Lipinski definition) is 2. The summed E-state index contributed by atoms with van der Waals surface area (Å²) in [6, 6.07) is 9.86. The predicted octanol–water partition coefficient (Wildman–Crippen LogP) is 6.37. The number of hydrogen-bond acceptors (Lipinski definition) is 3. The zero-order chi connectivity index (χ0) is 22.3. The molecule has 3 nitrogen and oxygen atoms in total. The van der Waals surface area contributed by atoms with Crippen LogP contribution in [-0.2, 0) is 12.6 Å². The Balaban J connectivity index is 1.39. The predicted molar refractivity (Wildman–Crippen MR) is 116 cm³/mol. The average Bonchev–Trinajstić information content (AvgIpc) is 3.32. The van der Waals surface area contributed by atoms with Crippen molar-refractivity contribution in [1.29, 1.82) is 0 Å². The van der Waals surface area contributed by atoms with Crippen molar-refractivity contribution in [3.8, 4) is 11.5 Å². The molecule has 2 aromatic rings. The van der Waals surface area contributed by atoms with Crippen molar-refractivity contribution < 1.29 is 23.0 Å². The smallest absolute Gasteiger partial charge is 0.418 e. The van der Waals surface area contributed by atoms with Gasteiger partial charge in [-0.25, -0.2) is 0 Å². The summed E-state index contributed by atoms with van der Waals surface area (Å²) in [4.78, 5) is 0. The Morgan fingerprint density at radius 3 is 2.66 bits per heavy atom. The molecule has 2 N–H and O–H groups in total. The van der Waals surface area contributed by atoms with E-state index in [9.17, 15) is 18.3 Å². The minimum atomic E-state index is -4.45. The molecule has 0 amide bonds. The molecule has 4 aliphatic carbocycles. The number of alkyl halides is 3. The lowest BCUT2D eigenvalue weighted by atomic mass is 9.57. The molecule has 4 aliphatic rings. The number of nitrogens with one attached hydrogen (secondary N) is 1. The van der Waals surface area contributed by atoms with E-state index in [-0.39, 0.29) is 29.2 Å². The molecule has 0 saturated heterocycles. The zero-order valence-electron chi connectivity index (χ0n) is 18.1. The van der Waals surface area contributed by atoms with Crippen LogP contribution in [0.1, 0.15) is 54.7 Å². The van der Waals surface area contributed by atoms with E-state index in [1.165, 1.54) is 37.9 Å². The van der Waals surface area contributed by atoms with E-state index < -0.39 is 11.7 Å². The van der Waals surface area contributed by atoms with E-state index in [1.807, 2.05) is 12.1 Å². The first-order valence-corrected chi connectivity index (χ1v) is 11.7. The SMILES string of the molecule is CNc1ccc(O[C@H]2CC34CC3CCC4C3CCc4cc(O)ccc4[C@H]32)cc1C(F)(F)F. The highest BCUT2D eigenvalue weighted by Crippen LogP contribution is 2.75. The van der Waals surface area contributed by atoms with E-state index in [4.69, 9.17) is 4.74 Å². The van der Waals surface area contributed by atoms with Gasteiger partial charge >= 0.3 is 6.18 Å². The first-order valence-electron chi connectivity index (χ1n) is 11.7. The quantitative estimate of drug-likeness (QED) is 0.580. The summed E-state index contributed by atoms with van der Waals surface area (Å²) >= 11 is 0. The minimum Gasteiger partial charge on any atom is -0.508 e. The van der Waals surface area contributed by atoms with Crippen LogP contribution in [0, 0.1) is 23.2 Å². The number of halogens is 3. The normalized spacial score (nSPS) is 34.7. The van der Waals surface area contributed by atoms with Gasteiger partial charge in [-0.05, 0) is 103 Å². The van der Waals surface area contributed by atoms with Crippen molar-refractivity contribution in [2.45, 2.75) is 56.7 Å². The summed E-state index contributed by atoms with van der Waals surface area (Å²) < 4.78 is 47.3. The number of aryl methyl sites for hydroxylation is 1. The number of benzene rings is 2. The average molecular weight is 444 g/mol. The van der Waals surface area contributed by atoms with Crippen LogP contribution in [0.3, 0.4) is 0 Å². The van der Waals surface area contributed by atoms with Crippen molar-refractivity contribution >= 4 is 5.69 Å². The molecular weight excluding hydrogens is 415 g/mol. The van der Waals surface area contributed by atoms with Gasteiger partial charge in [0.2, 0.25) is 0 Å². The molecule has 1 spiro atoms. The Kier molecular flexibility index (Phi) is 4.31. The van der Waals surface area contributed by atoms with Crippen LogP contribution in [-0.4, -0.2) is 18.3 Å². The van der Waals surface area contributed by atoms with Gasteiger partial charge in [0.15, 0.2) is 0 Å². The second-order valence-electron chi connectivity index (χ2n) is 10.2. The molecule has 170 valence electrons. The van der Waals surface area contributed by atoms with Crippen LogP contribution in [0.2, 0.25) is 0 Å². The molecule has 32 heavy (non-hydrogen) atoms. The summed E-state index contributed by atoms with van der Waals surface area (Å²) in [5.41, 5.74) is 2.06. The van der Waals surface area contributed by atoms with Crippen molar-refractivity contribution in [1.82, 2.24) is 0 Å². The Bertz CT molecular complexity index is 1070. The number of fused-ring (bicyclic) bond motifs is 4. The highest BCUT2D eigenvalue weighted by molar-refractivity contribution is 5.55. The van der Waals surface area contributed by atoms with Gasteiger partial charge in [0.25, 0.3) is 0 Å². The summed E-state index contributed by atoms with van der Waals surface area (Å²) in [5.74, 6) is 2.67. The monoisotopic (exact) mass is 443 g/mol. The second kappa shape index (κ2) is 6.82. The van der Waals surface area contributed by atoms with Crippen LogP contribution < -0.4 is 10.1 Å². The maximum absolute atomic E-state index is 13.6. The van der Waals surface area contributed by atoms with Gasteiger partial charge in [0.05, 0.1) is 5.56 Å². The maximum atomic E-state index is 13.6. The highest BCUT2D eigenvalue weighted by Gasteiger charge is 2.68. The van der Waals surface area contributed by atoms with Crippen LogP contribution in [0.15, 0.2) is 36.4 Å². The molecule has 6 atom stereocenters. The van der Waals surface area contributed by atoms with Gasteiger partial charge in [-0.3, -0.25) is 0 Å². The third-order valence-corrected chi connectivity index (χ3v) is 8.89. The molecule has 3 saturated carbocycles. The fourth-order valence-corrected chi connectivity index (χ4v) is 7.59. The summed E-state index contributed by atoms with van der Waals surface area (Å²) in [6.07, 6.45) is 2.12. The maximum Gasteiger partial charge on any atom is 0.418 e. The largest absolute Gasteiger partial charge is 0.508 e. The van der Waals surface area contributed by atoms with Crippen LogP contribution >= 0.6 is 0 Å². The van der Waals surface area contributed by atoms with Gasteiger partial charge < -0.3 is 15.2 Å². The number of phenols is 1. The van der Waals surface area contributed by atoms with Crippen LogP contribution in [0.5, 0.6) is 11.5 Å². The molecule has 6 heteroatoms. The van der Waals surface area contributed by atoms with Crippen molar-refractivity contribution in [3.05, 3.63) is 53.1 Å². The number of ether oxygens (including phenoxy) is 1. The Hall–Kier alpha value is -2.37. The first kappa shape index (κ1) is 20.3. The summed E-state index contributed by atoms with van der Waals surface area (Å²) in [6.45, 7) is 0. The van der Waals surface area contributed by atoms with Crippen molar-refractivity contribution in [3.63, 3.8) is 0 Å². The van der Waals surface area contributed by atoms with E-state index in [0.29, 0.717) is 17.3 Å². The molecule has 3 fully saturated rings. The standard InChI is InChI=1S/C26H28F3NO2/c1-30-22-9-5-17(11-21(22)26(27,28)29)32-23-13-25-12-15(25)3-8-20(25)19-6-2-14-10-16(31)4-7-18(14)24(19)23/h4-5,7,9-11,15,19-20,23-24,30-31H,2-3,6,8,12-13H2,1H3/t15?,19?,20?,23-,24+,25?/m0/s1. The Labute approximate surface area is 186 Å². The molecule has 0 aliphatic heterocycles. The molecule has 0 bridgehead atoms. The number of anilines is 1. The summed E-state index contributed by atoms with van der Waals surface area (Å²) in [5, 5.41) is 12.6. The Morgan fingerprint density at radius 2 is 1.91 bits per heavy atom. The Morgan fingerprint density at radius 1 is 1.06 bits per heavy atom. The molecule has 4 unspecified atom stereocenters. The third kappa shape index (κ3) is 2.94. The van der Waals surface area contributed by atoms with Crippen molar-refractivity contribution in [2.24, 2.45) is 23.2 Å². The molecule has 0 radical (unpaired) electrons. The highest BCUT2D eigenvalue weighted by atomic mass is 19.4. The fourth-order valence-electron chi connectivity index (χ4n) is 7.59. The summed E-state index contributed by atoms with van der Waals surface area (Å²) in [7, 11) is 1.50. The third-order valence-electron chi connectivity index (χ3n) is 8.89. The zero-order valence-corrected chi connectivity index (χ0v) is 18.1. The van der Waals surface area contributed by atoms with Gasteiger partial charge in [0, 0.05) is 18.7 Å². The van der Waals surface area contributed by atoms with Gasteiger partial charge in [-0.2, -0.15) is 13.2 Å². The molecule has 0 heterocycles. The van der Waals surface area contributed by atoms with Gasteiger partial charge in [-0.1, -0.05) is 6.07 Å². The topological polar surface area (TPSA) is 41.5 Å². The van der Waals surface area contributed by atoms with E-state index in [0.717, 1.165) is 36.8 Å². The fraction of sp³-hybridized carbons (Fsp3) is 0.538. The number of phenolic OH excluding ortho intramolecular Hbond substituents is 1. The molecule has 2 aromatic carbocycles. The van der Waals surface area contributed by atoms with Gasteiger partial charge in [-0.15, -0.1) is 0 Å². The second-order valence-corrected chi connectivity index (χ2v) is 10.2. The first-order chi connectivity index (χ1) is 15.3. The molecule has 6 rings (SSSR count). The lowest BCUT2D eigenvalue weighted by Crippen LogP contribution is -2.46. The number of aromatic hydroxyl groups is 1. The van der Waals surface area contributed by atoms with E-state index in [1.54, 1.807) is 12.1 Å². The van der Waals surface area contributed by atoms with Gasteiger partial charge in [0.1, 0.15) is 17.6 Å². The minimum absolute atomic E-state index is 0.0570. The van der Waals surface area contributed by atoms with Crippen molar-refractivity contribution in [2.75, 3.05) is 12.4 Å².